The van der Waals surface area contributed by atoms with Crippen LogP contribution in [0, 0.1) is 11.8 Å². The summed E-state index contributed by atoms with van der Waals surface area (Å²) in [5.41, 5.74) is 10.00. The predicted octanol–water partition coefficient (Wildman–Crippen LogP) is 4.72. The molecular formula is C34H37N5O2S. The van der Waals surface area contributed by atoms with Gasteiger partial charge in [-0.15, -0.1) is 11.3 Å². The normalized spacial score (nSPS) is 17.5. The highest BCUT2D eigenvalue weighted by molar-refractivity contribution is 7.11. The Morgan fingerprint density at radius 2 is 1.69 bits per heavy atom. The molecule has 2 aromatic carbocycles. The van der Waals surface area contributed by atoms with E-state index >= 15 is 0 Å². The summed E-state index contributed by atoms with van der Waals surface area (Å²) in [5.74, 6) is 7.30. The van der Waals surface area contributed by atoms with E-state index in [1.54, 1.807) is 11.3 Å². The van der Waals surface area contributed by atoms with Gasteiger partial charge in [-0.1, -0.05) is 42.2 Å². The van der Waals surface area contributed by atoms with Crippen molar-refractivity contribution in [2.45, 2.75) is 19.5 Å². The van der Waals surface area contributed by atoms with Gasteiger partial charge in [0.2, 0.25) is 0 Å². The zero-order chi connectivity index (χ0) is 28.3. The third kappa shape index (κ3) is 6.17. The van der Waals surface area contributed by atoms with Gasteiger partial charge in [-0.05, 0) is 41.9 Å². The van der Waals surface area contributed by atoms with Gasteiger partial charge in [0.05, 0.1) is 29.5 Å². The van der Waals surface area contributed by atoms with Crippen molar-refractivity contribution in [1.29, 1.82) is 0 Å². The highest BCUT2D eigenvalue weighted by atomic mass is 32.1. The zero-order valence-corrected chi connectivity index (χ0v) is 25.0. The summed E-state index contributed by atoms with van der Waals surface area (Å²) in [7, 11) is 2.21. The maximum atomic E-state index is 5.89. The first-order valence-corrected chi connectivity index (χ1v) is 15.8. The average Bonchev–Trinajstić information content (AvgIpc) is 3.73. The highest BCUT2D eigenvalue weighted by Gasteiger charge is 2.26. The van der Waals surface area contributed by atoms with Crippen LogP contribution in [0.3, 0.4) is 0 Å². The summed E-state index contributed by atoms with van der Waals surface area (Å²) in [4.78, 5) is 8.41. The Balaban J connectivity index is 0.945. The fourth-order valence-electron chi connectivity index (χ4n) is 6.07. The second-order valence-electron chi connectivity index (χ2n) is 11.5. The number of thiophene rings is 1. The Bertz CT molecular complexity index is 1580. The number of aromatic amines is 1. The number of piperazine rings is 1. The van der Waals surface area contributed by atoms with Crippen molar-refractivity contribution in [2.75, 3.05) is 66.1 Å². The zero-order valence-electron chi connectivity index (χ0n) is 24.2. The molecular weight excluding hydrogens is 542 g/mol. The van der Waals surface area contributed by atoms with E-state index in [0.717, 1.165) is 99.6 Å². The summed E-state index contributed by atoms with van der Waals surface area (Å²) in [6, 6.07) is 17.4. The lowest BCUT2D eigenvalue weighted by atomic mass is 10.0. The maximum Gasteiger partial charge on any atom is 0.149 e. The van der Waals surface area contributed by atoms with E-state index in [1.165, 1.54) is 27.8 Å². The van der Waals surface area contributed by atoms with E-state index in [2.05, 4.69) is 80.5 Å². The van der Waals surface area contributed by atoms with E-state index in [0.29, 0.717) is 6.61 Å². The lowest BCUT2D eigenvalue weighted by Gasteiger charge is -2.32. The summed E-state index contributed by atoms with van der Waals surface area (Å²) in [6.45, 7) is 10.5. The number of fused-ring (bicyclic) bond motifs is 3. The molecule has 0 atom stereocenters. The summed E-state index contributed by atoms with van der Waals surface area (Å²) >= 11 is 1.66. The third-order valence-corrected chi connectivity index (χ3v) is 9.35. The van der Waals surface area contributed by atoms with Gasteiger partial charge in [0, 0.05) is 80.8 Å². The van der Waals surface area contributed by atoms with Gasteiger partial charge in [0.25, 0.3) is 0 Å². The van der Waals surface area contributed by atoms with Crippen LogP contribution in [0.1, 0.15) is 27.1 Å². The monoisotopic (exact) mass is 579 g/mol. The third-order valence-electron chi connectivity index (χ3n) is 8.50. The van der Waals surface area contributed by atoms with Crippen LogP contribution in [0.5, 0.6) is 5.75 Å². The molecule has 8 heteroatoms. The first-order valence-electron chi connectivity index (χ1n) is 14.9. The minimum absolute atomic E-state index is 0.361. The smallest absolute Gasteiger partial charge is 0.149 e. The van der Waals surface area contributed by atoms with Crippen molar-refractivity contribution in [3.8, 4) is 40.1 Å². The van der Waals surface area contributed by atoms with Crippen molar-refractivity contribution in [3.05, 3.63) is 81.0 Å². The molecule has 7 nitrogen and oxygen atoms in total. The van der Waals surface area contributed by atoms with E-state index < -0.39 is 0 Å². The van der Waals surface area contributed by atoms with Crippen LogP contribution in [-0.2, 0) is 24.2 Å². The number of likely N-dealkylation sites (N-methyl/N-ethyl adjacent to an activating group) is 1. The van der Waals surface area contributed by atoms with Crippen LogP contribution < -0.4 is 4.74 Å². The SMILES string of the molecule is CN1CCN(Cc2ccc3c(c2)Cc2c(-c4csc(C#CCOc5ccc(CN6CCOCC6)cc5)c4)n[nH]c2-3)CC1. The Kier molecular flexibility index (Phi) is 8.10. The molecule has 1 N–H and O–H groups in total. The van der Waals surface area contributed by atoms with E-state index in [-0.39, 0.29) is 0 Å². The highest BCUT2D eigenvalue weighted by Crippen LogP contribution is 2.41. The summed E-state index contributed by atoms with van der Waals surface area (Å²) in [5, 5.41) is 10.2. The molecule has 2 aromatic heterocycles. The van der Waals surface area contributed by atoms with Crippen molar-refractivity contribution >= 4 is 11.3 Å². The first-order chi connectivity index (χ1) is 20.7. The van der Waals surface area contributed by atoms with Crippen LogP contribution in [0.4, 0.5) is 0 Å². The van der Waals surface area contributed by atoms with Crippen molar-refractivity contribution < 1.29 is 9.47 Å². The molecule has 0 bridgehead atoms. The Morgan fingerprint density at radius 1 is 0.929 bits per heavy atom. The number of hydrogen-bond donors (Lipinski definition) is 1. The molecule has 216 valence electrons. The van der Waals surface area contributed by atoms with Gasteiger partial charge in [-0.3, -0.25) is 14.9 Å². The van der Waals surface area contributed by atoms with Crippen LogP contribution in [0.25, 0.3) is 22.5 Å². The number of hydrogen-bond acceptors (Lipinski definition) is 7. The van der Waals surface area contributed by atoms with Crippen molar-refractivity contribution in [3.63, 3.8) is 0 Å². The molecule has 0 unspecified atom stereocenters. The number of H-pyrrole nitrogens is 1. The number of aromatic nitrogens is 2. The van der Waals surface area contributed by atoms with Gasteiger partial charge >= 0.3 is 0 Å². The molecule has 2 saturated heterocycles. The number of morpholine rings is 1. The molecule has 42 heavy (non-hydrogen) atoms. The van der Waals surface area contributed by atoms with Crippen molar-refractivity contribution in [2.24, 2.45) is 0 Å². The molecule has 1 aliphatic carbocycles. The van der Waals surface area contributed by atoms with Gasteiger partial charge < -0.3 is 14.4 Å². The maximum absolute atomic E-state index is 5.89. The number of nitrogens with zero attached hydrogens (tertiary/aromatic N) is 4. The van der Waals surface area contributed by atoms with Crippen molar-refractivity contribution in [1.82, 2.24) is 24.9 Å². The Labute approximate surface area is 252 Å². The molecule has 2 aliphatic heterocycles. The summed E-state index contributed by atoms with van der Waals surface area (Å²) < 4.78 is 11.3. The first kappa shape index (κ1) is 27.4. The van der Waals surface area contributed by atoms with E-state index in [1.807, 2.05) is 12.1 Å². The second-order valence-corrected chi connectivity index (χ2v) is 12.4. The largest absolute Gasteiger partial charge is 0.481 e. The second kappa shape index (κ2) is 12.4. The van der Waals surface area contributed by atoms with Crippen LogP contribution in [-0.4, -0.2) is 91.0 Å². The van der Waals surface area contributed by atoms with Gasteiger partial charge in [-0.25, -0.2) is 0 Å². The van der Waals surface area contributed by atoms with Crippen LogP contribution in [0.2, 0.25) is 0 Å². The van der Waals surface area contributed by atoms with Crippen LogP contribution in [0.15, 0.2) is 53.9 Å². The number of nitrogens with one attached hydrogen (secondary N) is 1. The molecule has 4 aromatic rings. The molecule has 0 spiro atoms. The molecule has 3 aliphatic rings. The number of rotatable bonds is 7. The summed E-state index contributed by atoms with van der Waals surface area (Å²) in [6.07, 6.45) is 0.920. The topological polar surface area (TPSA) is 56.9 Å². The number of benzene rings is 2. The van der Waals surface area contributed by atoms with Gasteiger partial charge in [-0.2, -0.15) is 5.10 Å². The lowest BCUT2D eigenvalue weighted by molar-refractivity contribution is 0.0342. The molecule has 2 fully saturated rings. The number of ether oxygens (including phenoxy) is 2. The fourth-order valence-corrected chi connectivity index (χ4v) is 6.83. The average molecular weight is 580 g/mol. The molecule has 0 saturated carbocycles. The predicted molar refractivity (Wildman–Crippen MR) is 168 cm³/mol. The van der Waals surface area contributed by atoms with E-state index in [4.69, 9.17) is 14.6 Å². The minimum Gasteiger partial charge on any atom is -0.481 e. The minimum atomic E-state index is 0.361. The molecule has 4 heterocycles. The standard InChI is InChI=1S/C34H37N5O2S/c1-37-10-12-38(13-11-37)23-26-6-9-31-27(19-26)21-32-33(35-36-34(31)32)28-20-30(42-24-28)3-2-16-41-29-7-4-25(5-8-29)22-39-14-17-40-18-15-39/h4-9,19-20,24H,10-18,21-23H2,1H3,(H,35,36). The quantitative estimate of drug-likeness (QED) is 0.282. The van der Waals surface area contributed by atoms with Gasteiger partial charge in [0.1, 0.15) is 12.4 Å². The Morgan fingerprint density at radius 3 is 2.52 bits per heavy atom. The van der Waals surface area contributed by atoms with Crippen LogP contribution >= 0.6 is 11.3 Å². The molecule has 0 amide bonds. The molecule has 0 radical (unpaired) electrons. The lowest BCUT2D eigenvalue weighted by Crippen LogP contribution is -2.43. The van der Waals surface area contributed by atoms with E-state index in [9.17, 15) is 0 Å². The molecule has 7 rings (SSSR count). The fraction of sp³-hybridized carbons (Fsp3) is 0.382. The van der Waals surface area contributed by atoms with Gasteiger partial charge in [0.15, 0.2) is 0 Å². The Hall–Kier alpha value is -3.45.